The minimum Gasteiger partial charge on any atom is -0.126 e. The average molecular weight is 203 g/mol. The van der Waals surface area contributed by atoms with E-state index in [9.17, 15) is 0 Å². The van der Waals surface area contributed by atoms with E-state index in [4.69, 9.17) is 11.6 Å². The van der Waals surface area contributed by atoms with Crippen molar-refractivity contribution >= 4 is 11.6 Å². The minimum atomic E-state index is 0.443. The van der Waals surface area contributed by atoms with Crippen molar-refractivity contribution in [3.8, 4) is 0 Å². The second kappa shape index (κ2) is 5.90. The van der Waals surface area contributed by atoms with E-state index in [0.29, 0.717) is 5.41 Å². The van der Waals surface area contributed by atoms with Gasteiger partial charge in [-0.3, -0.25) is 0 Å². The largest absolute Gasteiger partial charge is 0.126 e. The van der Waals surface area contributed by atoms with Crippen molar-refractivity contribution in [1.82, 2.24) is 0 Å². The Bertz CT molecular complexity index is 121. The van der Waals surface area contributed by atoms with Crippen LogP contribution in [-0.2, 0) is 0 Å². The Labute approximate surface area is 88.1 Å². The fourth-order valence-corrected chi connectivity index (χ4v) is 2.51. The molecule has 1 fully saturated rings. The van der Waals surface area contributed by atoms with Crippen LogP contribution < -0.4 is 0 Å². The summed E-state index contributed by atoms with van der Waals surface area (Å²) >= 11 is 6.04. The zero-order chi connectivity index (χ0) is 9.57. The van der Waals surface area contributed by atoms with Crippen LogP contribution in [0, 0.1) is 5.41 Å². The van der Waals surface area contributed by atoms with Gasteiger partial charge in [0.1, 0.15) is 0 Å². The monoisotopic (exact) mass is 202 g/mol. The molecule has 0 saturated heterocycles. The summed E-state index contributed by atoms with van der Waals surface area (Å²) in [5.74, 6) is 0.854. The Morgan fingerprint density at radius 3 is 1.62 bits per heavy atom. The molecule has 0 radical (unpaired) electrons. The smallest absolute Gasteiger partial charge is 0.0277 e. The highest BCUT2D eigenvalue weighted by Crippen LogP contribution is 2.33. The summed E-state index contributed by atoms with van der Waals surface area (Å²) in [6.07, 6.45) is 12.7. The molecule has 0 aromatic carbocycles. The fourth-order valence-electron chi connectivity index (χ4n) is 2.25. The summed E-state index contributed by atoms with van der Waals surface area (Å²) in [4.78, 5) is 0. The van der Waals surface area contributed by atoms with Crippen molar-refractivity contribution in [2.75, 3.05) is 5.88 Å². The quantitative estimate of drug-likeness (QED) is 0.538. The van der Waals surface area contributed by atoms with E-state index < -0.39 is 0 Å². The van der Waals surface area contributed by atoms with Crippen LogP contribution in [0.2, 0.25) is 0 Å². The van der Waals surface area contributed by atoms with Crippen LogP contribution in [0.25, 0.3) is 0 Å². The van der Waals surface area contributed by atoms with Crippen LogP contribution in [0.15, 0.2) is 0 Å². The zero-order valence-electron chi connectivity index (χ0n) is 8.95. The number of hydrogen-bond acceptors (Lipinski definition) is 0. The molecular formula is C12H23Cl. The van der Waals surface area contributed by atoms with Crippen molar-refractivity contribution < 1.29 is 0 Å². The predicted octanol–water partition coefficient (Wildman–Crippen LogP) is 4.76. The lowest BCUT2D eigenvalue weighted by Gasteiger charge is -2.28. The molecule has 1 rings (SSSR count). The maximum absolute atomic E-state index is 6.04. The lowest BCUT2D eigenvalue weighted by Crippen LogP contribution is -2.18. The molecule has 1 aliphatic carbocycles. The Morgan fingerprint density at radius 2 is 1.23 bits per heavy atom. The van der Waals surface area contributed by atoms with Gasteiger partial charge < -0.3 is 0 Å². The third kappa shape index (κ3) is 4.35. The predicted molar refractivity (Wildman–Crippen MR) is 60.4 cm³/mol. The number of halogens is 1. The molecule has 0 unspecified atom stereocenters. The van der Waals surface area contributed by atoms with E-state index in [2.05, 4.69) is 6.92 Å². The molecule has 13 heavy (non-hydrogen) atoms. The highest BCUT2D eigenvalue weighted by molar-refractivity contribution is 6.18. The molecule has 0 spiro atoms. The maximum Gasteiger partial charge on any atom is 0.0277 e. The highest BCUT2D eigenvalue weighted by atomic mass is 35.5. The summed E-state index contributed by atoms with van der Waals surface area (Å²) in [5, 5.41) is 0. The van der Waals surface area contributed by atoms with E-state index in [1.54, 1.807) is 0 Å². The van der Waals surface area contributed by atoms with Crippen LogP contribution in [0.5, 0.6) is 0 Å². The molecule has 78 valence electrons. The second-order valence-corrected chi connectivity index (χ2v) is 5.19. The van der Waals surface area contributed by atoms with Crippen LogP contribution in [0.3, 0.4) is 0 Å². The Hall–Kier alpha value is 0.290. The average Bonchev–Trinajstić information content (AvgIpc) is 2.16. The first-order valence-corrected chi connectivity index (χ1v) is 6.36. The lowest BCUT2D eigenvalue weighted by atomic mass is 9.80. The molecule has 0 bridgehead atoms. The molecule has 0 N–H and O–H groups in total. The molecule has 0 heterocycles. The third-order valence-corrected chi connectivity index (χ3v) is 4.03. The molecule has 0 nitrogen and oxygen atoms in total. The Balaban J connectivity index is 2.34. The first-order valence-electron chi connectivity index (χ1n) is 5.83. The van der Waals surface area contributed by atoms with Gasteiger partial charge >= 0.3 is 0 Å². The summed E-state index contributed by atoms with van der Waals surface area (Å²) in [5.41, 5.74) is 0.443. The van der Waals surface area contributed by atoms with Crippen molar-refractivity contribution in [3.63, 3.8) is 0 Å². The number of alkyl halides is 1. The first kappa shape index (κ1) is 11.4. The second-order valence-electron chi connectivity index (χ2n) is 4.92. The summed E-state index contributed by atoms with van der Waals surface area (Å²) in [6, 6.07) is 0. The number of hydrogen-bond donors (Lipinski definition) is 0. The molecule has 0 amide bonds. The molecule has 1 heteroatoms. The van der Waals surface area contributed by atoms with E-state index in [-0.39, 0.29) is 0 Å². The van der Waals surface area contributed by atoms with Crippen molar-refractivity contribution in [1.29, 1.82) is 0 Å². The van der Waals surface area contributed by atoms with E-state index in [1.807, 2.05) is 0 Å². The molecule has 1 saturated carbocycles. The molecule has 0 aliphatic heterocycles. The van der Waals surface area contributed by atoms with Gasteiger partial charge in [0.2, 0.25) is 0 Å². The van der Waals surface area contributed by atoms with Gasteiger partial charge in [-0.1, -0.05) is 51.9 Å². The maximum atomic E-state index is 6.04. The van der Waals surface area contributed by atoms with Gasteiger partial charge in [-0.2, -0.15) is 0 Å². The molecule has 0 aromatic rings. The van der Waals surface area contributed by atoms with Gasteiger partial charge in [0.15, 0.2) is 0 Å². The van der Waals surface area contributed by atoms with Crippen molar-refractivity contribution in [2.24, 2.45) is 5.41 Å². The van der Waals surface area contributed by atoms with E-state index in [1.165, 1.54) is 57.8 Å². The van der Waals surface area contributed by atoms with Gasteiger partial charge in [-0.15, -0.1) is 11.6 Å². The van der Waals surface area contributed by atoms with Crippen molar-refractivity contribution in [2.45, 2.75) is 64.7 Å². The molecule has 0 aromatic heterocycles. The molecule has 0 atom stereocenters. The number of rotatable bonds is 1. The van der Waals surface area contributed by atoms with Gasteiger partial charge in [0.05, 0.1) is 0 Å². The fraction of sp³-hybridized carbons (Fsp3) is 1.00. The first-order chi connectivity index (χ1) is 6.27. The third-order valence-electron chi connectivity index (χ3n) is 3.38. The topological polar surface area (TPSA) is 0 Å². The minimum absolute atomic E-state index is 0.443. The van der Waals surface area contributed by atoms with Gasteiger partial charge in [-0.05, 0) is 18.3 Å². The normalized spacial score (nSPS) is 25.4. The molecular weight excluding hydrogens is 180 g/mol. The van der Waals surface area contributed by atoms with Gasteiger partial charge in [-0.25, -0.2) is 0 Å². The standard InChI is InChI=1S/C12H23Cl/c1-12(11-13)9-7-5-3-2-4-6-8-10-12/h2-11H2,1H3. The van der Waals surface area contributed by atoms with Crippen LogP contribution in [0.1, 0.15) is 64.7 Å². The summed E-state index contributed by atoms with van der Waals surface area (Å²) in [7, 11) is 0. The summed E-state index contributed by atoms with van der Waals surface area (Å²) < 4.78 is 0. The van der Waals surface area contributed by atoms with E-state index >= 15 is 0 Å². The Morgan fingerprint density at radius 1 is 0.846 bits per heavy atom. The van der Waals surface area contributed by atoms with Crippen molar-refractivity contribution in [3.05, 3.63) is 0 Å². The van der Waals surface area contributed by atoms with Gasteiger partial charge in [0, 0.05) is 5.88 Å². The van der Waals surface area contributed by atoms with Crippen LogP contribution >= 0.6 is 11.6 Å². The molecule has 1 aliphatic rings. The SMILES string of the molecule is CC1(CCl)CCCCCCCCC1. The van der Waals surface area contributed by atoms with Crippen LogP contribution in [0.4, 0.5) is 0 Å². The van der Waals surface area contributed by atoms with E-state index in [0.717, 1.165) is 5.88 Å². The Kier molecular flexibility index (Phi) is 5.16. The highest BCUT2D eigenvalue weighted by Gasteiger charge is 2.22. The summed E-state index contributed by atoms with van der Waals surface area (Å²) in [6.45, 7) is 2.36. The van der Waals surface area contributed by atoms with Gasteiger partial charge in [0.25, 0.3) is 0 Å². The lowest BCUT2D eigenvalue weighted by molar-refractivity contribution is 0.280. The zero-order valence-corrected chi connectivity index (χ0v) is 9.70. The van der Waals surface area contributed by atoms with Crippen LogP contribution in [-0.4, -0.2) is 5.88 Å².